The average Bonchev–Trinajstić information content (AvgIpc) is 2.52. The molecule has 3 heteroatoms. The van der Waals surface area contributed by atoms with E-state index in [4.69, 9.17) is 0 Å². The molecule has 0 saturated heterocycles. The molecule has 0 saturated carbocycles. The average molecular weight is 195 g/mol. The van der Waals surface area contributed by atoms with Crippen molar-refractivity contribution in [2.75, 3.05) is 0 Å². The molecule has 1 aromatic heterocycles. The number of aryl methyl sites for hydroxylation is 1. The second-order valence-corrected chi connectivity index (χ2v) is 4.57. The van der Waals surface area contributed by atoms with Gasteiger partial charge in [-0.2, -0.15) is 0 Å². The van der Waals surface area contributed by atoms with E-state index in [1.54, 1.807) is 0 Å². The van der Waals surface area contributed by atoms with Gasteiger partial charge >= 0.3 is 0 Å². The Morgan fingerprint density at radius 2 is 2.00 bits per heavy atom. The zero-order chi connectivity index (χ0) is 10.6. The van der Waals surface area contributed by atoms with Crippen molar-refractivity contribution in [1.82, 2.24) is 15.0 Å². The maximum absolute atomic E-state index is 4.15. The van der Waals surface area contributed by atoms with E-state index in [0.717, 1.165) is 18.0 Å². The lowest BCUT2D eigenvalue weighted by molar-refractivity contribution is 0.514. The standard InChI is InChI=1S/C11H21N3/c1-9(2)6-5-7-11-8-14(10(3)4)13-12-11/h8-10H,5-7H2,1-4H3. The maximum atomic E-state index is 4.15. The molecular formula is C11H21N3. The van der Waals surface area contributed by atoms with E-state index < -0.39 is 0 Å². The van der Waals surface area contributed by atoms with Crippen molar-refractivity contribution in [2.45, 2.75) is 53.0 Å². The zero-order valence-electron chi connectivity index (χ0n) is 9.70. The molecule has 0 aliphatic carbocycles. The summed E-state index contributed by atoms with van der Waals surface area (Å²) >= 11 is 0. The molecule has 0 amide bonds. The summed E-state index contributed by atoms with van der Waals surface area (Å²) in [5.41, 5.74) is 1.12. The summed E-state index contributed by atoms with van der Waals surface area (Å²) in [6.45, 7) is 8.75. The van der Waals surface area contributed by atoms with Gasteiger partial charge in [0.05, 0.1) is 5.69 Å². The van der Waals surface area contributed by atoms with Crippen molar-refractivity contribution in [3.05, 3.63) is 11.9 Å². The van der Waals surface area contributed by atoms with E-state index in [1.807, 2.05) is 4.68 Å². The molecule has 80 valence electrons. The minimum Gasteiger partial charge on any atom is -0.250 e. The van der Waals surface area contributed by atoms with Crippen molar-refractivity contribution in [1.29, 1.82) is 0 Å². The SMILES string of the molecule is CC(C)CCCc1cn(C(C)C)nn1. The molecule has 1 rings (SSSR count). The van der Waals surface area contributed by atoms with E-state index in [-0.39, 0.29) is 0 Å². The third-order valence-corrected chi connectivity index (χ3v) is 2.30. The third-order valence-electron chi connectivity index (χ3n) is 2.30. The van der Waals surface area contributed by atoms with Crippen molar-refractivity contribution >= 4 is 0 Å². The fourth-order valence-corrected chi connectivity index (χ4v) is 1.37. The van der Waals surface area contributed by atoms with Gasteiger partial charge in [0.2, 0.25) is 0 Å². The molecule has 14 heavy (non-hydrogen) atoms. The number of rotatable bonds is 5. The Morgan fingerprint density at radius 3 is 2.50 bits per heavy atom. The molecule has 0 unspecified atom stereocenters. The minimum absolute atomic E-state index is 0.418. The highest BCUT2D eigenvalue weighted by atomic mass is 15.4. The summed E-state index contributed by atoms with van der Waals surface area (Å²) in [4.78, 5) is 0. The molecule has 1 heterocycles. The summed E-state index contributed by atoms with van der Waals surface area (Å²) < 4.78 is 1.92. The molecule has 0 aliphatic rings. The largest absolute Gasteiger partial charge is 0.250 e. The van der Waals surface area contributed by atoms with Gasteiger partial charge in [0.15, 0.2) is 0 Å². The van der Waals surface area contributed by atoms with Crippen LogP contribution >= 0.6 is 0 Å². The van der Waals surface area contributed by atoms with Crippen LogP contribution in [0.2, 0.25) is 0 Å². The van der Waals surface area contributed by atoms with Crippen molar-refractivity contribution in [2.24, 2.45) is 5.92 Å². The molecule has 0 radical (unpaired) electrons. The first-order valence-electron chi connectivity index (χ1n) is 5.50. The van der Waals surface area contributed by atoms with Crippen LogP contribution in [0.1, 0.15) is 52.3 Å². The van der Waals surface area contributed by atoms with Gasteiger partial charge in [-0.25, -0.2) is 4.68 Å². The van der Waals surface area contributed by atoms with Crippen LogP contribution in [-0.4, -0.2) is 15.0 Å². The topological polar surface area (TPSA) is 30.7 Å². The molecule has 0 fully saturated rings. The first-order chi connectivity index (χ1) is 6.59. The predicted octanol–water partition coefficient (Wildman–Crippen LogP) is 2.84. The first-order valence-corrected chi connectivity index (χ1v) is 5.50. The maximum Gasteiger partial charge on any atom is 0.0827 e. The van der Waals surface area contributed by atoms with Crippen LogP contribution in [0.25, 0.3) is 0 Å². The van der Waals surface area contributed by atoms with Crippen molar-refractivity contribution < 1.29 is 0 Å². The molecule has 0 atom stereocenters. The van der Waals surface area contributed by atoms with Crippen LogP contribution in [0.5, 0.6) is 0 Å². The lowest BCUT2D eigenvalue weighted by atomic mass is 10.1. The van der Waals surface area contributed by atoms with Crippen LogP contribution in [0.4, 0.5) is 0 Å². The fraction of sp³-hybridized carbons (Fsp3) is 0.818. The number of hydrogen-bond acceptors (Lipinski definition) is 2. The molecule has 0 spiro atoms. The zero-order valence-corrected chi connectivity index (χ0v) is 9.70. The van der Waals surface area contributed by atoms with Gasteiger partial charge in [-0.3, -0.25) is 0 Å². The number of aromatic nitrogens is 3. The second-order valence-electron chi connectivity index (χ2n) is 4.57. The Bertz CT molecular complexity index is 263. The van der Waals surface area contributed by atoms with Gasteiger partial charge in [-0.05, 0) is 32.6 Å². The lowest BCUT2D eigenvalue weighted by Crippen LogP contribution is -2.00. The number of hydrogen-bond donors (Lipinski definition) is 0. The number of nitrogens with zero attached hydrogens (tertiary/aromatic N) is 3. The molecule has 0 bridgehead atoms. The molecule has 0 N–H and O–H groups in total. The Morgan fingerprint density at radius 1 is 1.29 bits per heavy atom. The van der Waals surface area contributed by atoms with E-state index in [2.05, 4.69) is 44.2 Å². The van der Waals surface area contributed by atoms with Gasteiger partial charge in [0.1, 0.15) is 0 Å². The third kappa shape index (κ3) is 3.48. The van der Waals surface area contributed by atoms with E-state index in [1.165, 1.54) is 12.8 Å². The monoisotopic (exact) mass is 195 g/mol. The van der Waals surface area contributed by atoms with Crippen LogP contribution in [0.15, 0.2) is 6.20 Å². The van der Waals surface area contributed by atoms with E-state index in [0.29, 0.717) is 6.04 Å². The van der Waals surface area contributed by atoms with Crippen molar-refractivity contribution in [3.63, 3.8) is 0 Å². The Balaban J connectivity index is 2.36. The quantitative estimate of drug-likeness (QED) is 0.723. The summed E-state index contributed by atoms with van der Waals surface area (Å²) in [5, 5.41) is 8.23. The highest BCUT2D eigenvalue weighted by molar-refractivity contribution is 4.92. The lowest BCUT2D eigenvalue weighted by Gasteiger charge is -2.02. The highest BCUT2D eigenvalue weighted by Gasteiger charge is 2.03. The van der Waals surface area contributed by atoms with Gasteiger partial charge in [-0.15, -0.1) is 5.10 Å². The Labute approximate surface area is 86.5 Å². The first kappa shape index (κ1) is 11.2. The van der Waals surface area contributed by atoms with Crippen LogP contribution < -0.4 is 0 Å². The van der Waals surface area contributed by atoms with Gasteiger partial charge in [0.25, 0.3) is 0 Å². The minimum atomic E-state index is 0.418. The Hall–Kier alpha value is -0.860. The van der Waals surface area contributed by atoms with E-state index in [9.17, 15) is 0 Å². The second kappa shape index (κ2) is 5.13. The summed E-state index contributed by atoms with van der Waals surface area (Å²) in [7, 11) is 0. The highest BCUT2D eigenvalue weighted by Crippen LogP contribution is 2.09. The van der Waals surface area contributed by atoms with Gasteiger partial charge in [-0.1, -0.05) is 25.5 Å². The van der Waals surface area contributed by atoms with Crippen molar-refractivity contribution in [3.8, 4) is 0 Å². The Kier molecular flexibility index (Phi) is 4.11. The van der Waals surface area contributed by atoms with Crippen LogP contribution in [0, 0.1) is 5.92 Å². The molecule has 1 aromatic rings. The summed E-state index contributed by atoms with van der Waals surface area (Å²) in [6, 6.07) is 0.418. The van der Waals surface area contributed by atoms with Crippen LogP contribution in [-0.2, 0) is 6.42 Å². The molecular weight excluding hydrogens is 174 g/mol. The van der Waals surface area contributed by atoms with E-state index >= 15 is 0 Å². The molecule has 0 aromatic carbocycles. The van der Waals surface area contributed by atoms with Crippen LogP contribution in [0.3, 0.4) is 0 Å². The summed E-state index contributed by atoms with van der Waals surface area (Å²) in [5.74, 6) is 0.787. The smallest absolute Gasteiger partial charge is 0.0827 e. The normalized spacial score (nSPS) is 11.6. The fourth-order valence-electron chi connectivity index (χ4n) is 1.37. The molecule has 3 nitrogen and oxygen atoms in total. The molecule has 0 aliphatic heterocycles. The predicted molar refractivity (Wildman–Crippen MR) is 58.2 cm³/mol. The van der Waals surface area contributed by atoms with Gasteiger partial charge < -0.3 is 0 Å². The van der Waals surface area contributed by atoms with Gasteiger partial charge in [0, 0.05) is 12.2 Å². The summed E-state index contributed by atoms with van der Waals surface area (Å²) in [6.07, 6.45) is 5.61.